The lowest BCUT2D eigenvalue weighted by Gasteiger charge is -2.43. The molecular weight excluding hydrogens is 256 g/mol. The Kier molecular flexibility index (Phi) is 4.22. The van der Waals surface area contributed by atoms with E-state index in [1.54, 1.807) is 11.8 Å². The third-order valence-corrected chi connectivity index (χ3v) is 4.31. The van der Waals surface area contributed by atoms with E-state index < -0.39 is 11.5 Å². The minimum Gasteiger partial charge on any atom is -0.480 e. The van der Waals surface area contributed by atoms with Crippen molar-refractivity contribution in [2.24, 2.45) is 5.92 Å². The van der Waals surface area contributed by atoms with Crippen molar-refractivity contribution in [3.63, 3.8) is 0 Å². The topological polar surface area (TPSA) is 60.9 Å². The molecule has 5 heteroatoms. The first-order valence-corrected chi connectivity index (χ1v) is 7.22. The highest BCUT2D eigenvalue weighted by molar-refractivity contribution is 5.86. The van der Waals surface area contributed by atoms with Crippen LogP contribution >= 0.6 is 0 Å². The van der Waals surface area contributed by atoms with Crippen LogP contribution in [0.2, 0.25) is 0 Å². The molecule has 0 spiro atoms. The lowest BCUT2D eigenvalue weighted by molar-refractivity contribution is -0.150. The van der Waals surface area contributed by atoms with Gasteiger partial charge in [0.25, 0.3) is 0 Å². The zero-order valence-corrected chi connectivity index (χ0v) is 12.0. The number of urea groups is 1. The summed E-state index contributed by atoms with van der Waals surface area (Å²) in [6.07, 6.45) is 9.79. The molecular formula is C15H22N2O3. The molecule has 1 aliphatic carbocycles. The molecule has 1 saturated heterocycles. The molecule has 0 aromatic heterocycles. The maximum absolute atomic E-state index is 12.7. The number of aliphatic carboxylic acids is 1. The van der Waals surface area contributed by atoms with E-state index in [-0.39, 0.29) is 12.6 Å². The van der Waals surface area contributed by atoms with Crippen molar-refractivity contribution in [3.8, 4) is 12.3 Å². The molecule has 1 unspecified atom stereocenters. The number of carboxylic acids is 1. The summed E-state index contributed by atoms with van der Waals surface area (Å²) in [4.78, 5) is 27.3. The average molecular weight is 278 g/mol. The molecule has 0 bridgehead atoms. The van der Waals surface area contributed by atoms with Gasteiger partial charge in [-0.15, -0.1) is 6.42 Å². The summed E-state index contributed by atoms with van der Waals surface area (Å²) < 4.78 is 0. The second kappa shape index (κ2) is 5.74. The van der Waals surface area contributed by atoms with Gasteiger partial charge in [0.2, 0.25) is 0 Å². The summed E-state index contributed by atoms with van der Waals surface area (Å²) in [5, 5.41) is 9.47. The van der Waals surface area contributed by atoms with Crippen molar-refractivity contribution in [2.75, 3.05) is 19.6 Å². The maximum Gasteiger partial charge on any atom is 0.329 e. The number of carboxylic acid groups (broad SMARTS) is 1. The second-order valence-corrected chi connectivity index (χ2v) is 6.00. The number of terminal acetylenes is 1. The Hall–Kier alpha value is -1.70. The summed E-state index contributed by atoms with van der Waals surface area (Å²) in [5.41, 5.74) is -1.11. The molecule has 0 aromatic carbocycles. The van der Waals surface area contributed by atoms with Gasteiger partial charge >= 0.3 is 12.0 Å². The van der Waals surface area contributed by atoms with Crippen LogP contribution in [0.25, 0.3) is 0 Å². The average Bonchev–Trinajstić information content (AvgIpc) is 3.22. The Morgan fingerprint density at radius 1 is 1.45 bits per heavy atom. The SMILES string of the molecule is C#CCN(CC1CC1)C(=O)N1CCCCC1(C)C(=O)O. The first-order valence-electron chi connectivity index (χ1n) is 7.22. The van der Waals surface area contributed by atoms with Gasteiger partial charge in [-0.2, -0.15) is 0 Å². The van der Waals surface area contributed by atoms with E-state index >= 15 is 0 Å². The van der Waals surface area contributed by atoms with Gasteiger partial charge in [0, 0.05) is 13.1 Å². The highest BCUT2D eigenvalue weighted by Crippen LogP contribution is 2.32. The number of carbonyl (C=O) groups is 2. The van der Waals surface area contributed by atoms with Crippen LogP contribution in [0.4, 0.5) is 4.79 Å². The molecule has 1 heterocycles. The highest BCUT2D eigenvalue weighted by atomic mass is 16.4. The molecule has 1 saturated carbocycles. The van der Waals surface area contributed by atoms with E-state index in [1.807, 2.05) is 0 Å². The Bertz CT molecular complexity index is 439. The van der Waals surface area contributed by atoms with Crippen molar-refractivity contribution in [1.82, 2.24) is 9.80 Å². The van der Waals surface area contributed by atoms with E-state index in [9.17, 15) is 14.7 Å². The van der Waals surface area contributed by atoms with Gasteiger partial charge in [0.1, 0.15) is 5.54 Å². The highest BCUT2D eigenvalue weighted by Gasteiger charge is 2.45. The fourth-order valence-corrected chi connectivity index (χ4v) is 2.75. The molecule has 1 N–H and O–H groups in total. The number of carbonyl (C=O) groups excluding carboxylic acids is 1. The van der Waals surface area contributed by atoms with Crippen LogP contribution in [0.1, 0.15) is 39.0 Å². The zero-order valence-electron chi connectivity index (χ0n) is 12.0. The van der Waals surface area contributed by atoms with Crippen LogP contribution < -0.4 is 0 Å². The predicted molar refractivity (Wildman–Crippen MR) is 75.1 cm³/mol. The monoisotopic (exact) mass is 278 g/mol. The number of rotatable bonds is 4. The van der Waals surface area contributed by atoms with Crippen LogP contribution in [0.3, 0.4) is 0 Å². The van der Waals surface area contributed by atoms with Crippen LogP contribution in [-0.4, -0.2) is 52.1 Å². The van der Waals surface area contributed by atoms with Crippen LogP contribution in [-0.2, 0) is 4.79 Å². The van der Waals surface area contributed by atoms with E-state index in [4.69, 9.17) is 6.42 Å². The van der Waals surface area contributed by atoms with Crippen molar-refractivity contribution < 1.29 is 14.7 Å². The molecule has 5 nitrogen and oxygen atoms in total. The quantitative estimate of drug-likeness (QED) is 0.797. The third kappa shape index (κ3) is 2.90. The first-order chi connectivity index (χ1) is 9.49. The van der Waals surface area contributed by atoms with Gasteiger partial charge in [-0.05, 0) is 44.9 Å². The smallest absolute Gasteiger partial charge is 0.329 e. The Labute approximate surface area is 119 Å². The van der Waals surface area contributed by atoms with Crippen molar-refractivity contribution in [1.29, 1.82) is 0 Å². The minimum absolute atomic E-state index is 0.223. The van der Waals surface area contributed by atoms with Crippen molar-refractivity contribution in [2.45, 2.75) is 44.6 Å². The Morgan fingerprint density at radius 2 is 2.15 bits per heavy atom. The molecule has 1 aliphatic heterocycles. The summed E-state index contributed by atoms with van der Waals surface area (Å²) in [5.74, 6) is 2.11. The predicted octanol–water partition coefficient (Wildman–Crippen LogP) is 1.78. The fourth-order valence-electron chi connectivity index (χ4n) is 2.75. The molecule has 2 fully saturated rings. The lowest BCUT2D eigenvalue weighted by atomic mass is 9.89. The van der Waals surface area contributed by atoms with Gasteiger partial charge in [0.15, 0.2) is 0 Å². The molecule has 0 aromatic rings. The summed E-state index contributed by atoms with van der Waals surface area (Å²) in [7, 11) is 0. The van der Waals surface area contributed by atoms with Crippen LogP contribution in [0, 0.1) is 18.3 Å². The van der Waals surface area contributed by atoms with Gasteiger partial charge in [0.05, 0.1) is 6.54 Å². The number of nitrogens with zero attached hydrogens (tertiary/aromatic N) is 2. The van der Waals surface area contributed by atoms with Crippen LogP contribution in [0.15, 0.2) is 0 Å². The Morgan fingerprint density at radius 3 is 2.70 bits per heavy atom. The number of amides is 2. The zero-order chi connectivity index (χ0) is 14.8. The van der Waals surface area contributed by atoms with E-state index in [0.29, 0.717) is 25.4 Å². The number of likely N-dealkylation sites (tertiary alicyclic amines) is 1. The molecule has 0 radical (unpaired) electrons. The molecule has 110 valence electrons. The lowest BCUT2D eigenvalue weighted by Crippen LogP contribution is -2.60. The first kappa shape index (κ1) is 14.7. The molecule has 2 aliphatic rings. The molecule has 20 heavy (non-hydrogen) atoms. The number of hydrogen-bond donors (Lipinski definition) is 1. The molecule has 2 rings (SSSR count). The van der Waals surface area contributed by atoms with Crippen molar-refractivity contribution >= 4 is 12.0 Å². The molecule has 1 atom stereocenters. The van der Waals surface area contributed by atoms with Crippen molar-refractivity contribution in [3.05, 3.63) is 0 Å². The summed E-state index contributed by atoms with van der Waals surface area (Å²) in [6.45, 7) is 3.03. The Balaban J connectivity index is 2.14. The van der Waals surface area contributed by atoms with E-state index in [2.05, 4.69) is 5.92 Å². The number of hydrogen-bond acceptors (Lipinski definition) is 2. The fraction of sp³-hybridized carbons (Fsp3) is 0.733. The number of piperidine rings is 1. The van der Waals surface area contributed by atoms with E-state index in [1.165, 1.54) is 4.90 Å². The standard InChI is InChI=1S/C15H22N2O3/c1-3-9-16(11-12-6-7-12)14(20)17-10-5-4-8-15(17,2)13(18)19/h1,12H,4-11H2,2H3,(H,18,19). The van der Waals surface area contributed by atoms with E-state index in [0.717, 1.165) is 25.7 Å². The normalized spacial score (nSPS) is 25.9. The van der Waals surface area contributed by atoms with Gasteiger partial charge < -0.3 is 14.9 Å². The second-order valence-electron chi connectivity index (χ2n) is 6.00. The molecule has 2 amide bonds. The minimum atomic E-state index is -1.11. The maximum atomic E-state index is 12.7. The summed E-state index contributed by atoms with van der Waals surface area (Å²) >= 11 is 0. The largest absolute Gasteiger partial charge is 0.480 e. The van der Waals surface area contributed by atoms with Gasteiger partial charge in [-0.25, -0.2) is 9.59 Å². The van der Waals surface area contributed by atoms with Gasteiger partial charge in [-0.3, -0.25) is 0 Å². The van der Waals surface area contributed by atoms with Crippen LogP contribution in [0.5, 0.6) is 0 Å². The summed E-state index contributed by atoms with van der Waals surface area (Å²) in [6, 6.07) is -0.223. The third-order valence-electron chi connectivity index (χ3n) is 4.31. The van der Waals surface area contributed by atoms with Gasteiger partial charge in [-0.1, -0.05) is 5.92 Å².